The maximum absolute atomic E-state index is 14.1. The van der Waals surface area contributed by atoms with Gasteiger partial charge in [-0.15, -0.1) is 0 Å². The summed E-state index contributed by atoms with van der Waals surface area (Å²) in [5.74, 6) is -3.39. The Hall–Kier alpha value is -6.23. The number of fused-ring (bicyclic) bond motifs is 1. The molecule has 0 unspecified atom stereocenters. The molecule has 0 radical (unpaired) electrons. The molecule has 0 aliphatic heterocycles. The second-order valence-corrected chi connectivity index (χ2v) is 12.5. The predicted molar refractivity (Wildman–Crippen MR) is 198 cm³/mol. The molecular formula is C36H47N11O6. The van der Waals surface area contributed by atoms with Crippen molar-refractivity contribution in [2.45, 2.75) is 69.1 Å². The maximum atomic E-state index is 14.1. The molecule has 0 fully saturated rings. The molecular weight excluding hydrogens is 682 g/mol. The first-order valence-corrected chi connectivity index (χ1v) is 17.3. The largest absolute Gasteiger partial charge is 0.396 e. The highest BCUT2D eigenvalue weighted by atomic mass is 16.3. The van der Waals surface area contributed by atoms with E-state index in [0.29, 0.717) is 11.3 Å². The minimum absolute atomic E-state index is 0.0135. The van der Waals surface area contributed by atoms with Crippen molar-refractivity contribution in [1.82, 2.24) is 36.2 Å². The number of aliphatic hydroxyl groups is 1. The van der Waals surface area contributed by atoms with Gasteiger partial charge in [0, 0.05) is 67.8 Å². The van der Waals surface area contributed by atoms with E-state index in [2.05, 4.69) is 41.2 Å². The highest BCUT2D eigenvalue weighted by Gasteiger charge is 2.31. The average Bonchev–Trinajstić information content (AvgIpc) is 3.81. The Labute approximate surface area is 306 Å². The molecule has 0 spiro atoms. The SMILES string of the molecule is NC(=O)[C@H](Cc1c[nH]c2ccccc12)NC(=O)[C@H](CCCN=C(N)N)NC(=O)[C@H](Cc1ccccc1)NC(=O)[C@H](Cc1cnc[nH]1)NC(=O)CCCO. The third-order valence-corrected chi connectivity index (χ3v) is 8.45. The van der Waals surface area contributed by atoms with E-state index in [1.54, 1.807) is 30.5 Å². The Balaban J connectivity index is 1.56. The summed E-state index contributed by atoms with van der Waals surface area (Å²) in [5, 5.41) is 20.9. The van der Waals surface area contributed by atoms with E-state index in [1.165, 1.54) is 12.5 Å². The number of aliphatic imine (C=N–C) groups is 1. The Bertz CT molecular complexity index is 1840. The molecule has 0 saturated carbocycles. The number of amides is 5. The fraction of sp³-hybridized carbons (Fsp3) is 0.361. The fourth-order valence-electron chi connectivity index (χ4n) is 5.72. The van der Waals surface area contributed by atoms with Crippen LogP contribution in [0.15, 0.2) is 78.3 Å². The molecule has 2 aromatic carbocycles. The molecule has 0 bridgehead atoms. The lowest BCUT2D eigenvalue weighted by Crippen LogP contribution is -2.59. The van der Waals surface area contributed by atoms with Crippen molar-refractivity contribution in [3.63, 3.8) is 0 Å². The maximum Gasteiger partial charge on any atom is 0.243 e. The molecule has 13 N–H and O–H groups in total. The Morgan fingerprint density at radius 1 is 0.755 bits per heavy atom. The van der Waals surface area contributed by atoms with Crippen LogP contribution < -0.4 is 38.5 Å². The average molecular weight is 730 g/mol. The van der Waals surface area contributed by atoms with E-state index in [9.17, 15) is 29.1 Å². The first kappa shape index (κ1) is 39.6. The lowest BCUT2D eigenvalue weighted by atomic mass is 10.0. The smallest absolute Gasteiger partial charge is 0.243 e. The van der Waals surface area contributed by atoms with Gasteiger partial charge in [0.1, 0.15) is 24.2 Å². The van der Waals surface area contributed by atoms with Gasteiger partial charge in [-0.1, -0.05) is 48.5 Å². The number of hydrogen-bond donors (Lipinski definition) is 10. The molecule has 17 nitrogen and oxygen atoms in total. The number of aromatic nitrogens is 3. The number of imidazole rings is 1. The zero-order chi connectivity index (χ0) is 38.2. The summed E-state index contributed by atoms with van der Waals surface area (Å²) in [6.45, 7) is -0.0416. The number of carbonyl (C=O) groups excluding carboxylic acids is 5. The molecule has 53 heavy (non-hydrogen) atoms. The summed E-state index contributed by atoms with van der Waals surface area (Å²) in [4.78, 5) is 80.9. The van der Waals surface area contributed by atoms with Gasteiger partial charge in [-0.2, -0.15) is 0 Å². The van der Waals surface area contributed by atoms with Crippen LogP contribution >= 0.6 is 0 Å². The van der Waals surface area contributed by atoms with Gasteiger partial charge in [-0.25, -0.2) is 4.98 Å². The van der Waals surface area contributed by atoms with Gasteiger partial charge in [0.2, 0.25) is 29.5 Å². The van der Waals surface area contributed by atoms with Gasteiger partial charge in [0.15, 0.2) is 5.96 Å². The first-order valence-electron chi connectivity index (χ1n) is 17.3. The highest BCUT2D eigenvalue weighted by molar-refractivity contribution is 5.96. The predicted octanol–water partition coefficient (Wildman–Crippen LogP) is -0.830. The van der Waals surface area contributed by atoms with E-state index in [1.807, 2.05) is 30.3 Å². The number of hydrogen-bond acceptors (Lipinski definition) is 8. The number of aliphatic hydroxyl groups excluding tert-OH is 1. The summed E-state index contributed by atoms with van der Waals surface area (Å²) in [6, 6.07) is 11.8. The van der Waals surface area contributed by atoms with E-state index >= 15 is 0 Å². The summed E-state index contributed by atoms with van der Waals surface area (Å²) < 4.78 is 0. The summed E-state index contributed by atoms with van der Waals surface area (Å²) in [5.41, 5.74) is 19.6. The van der Waals surface area contributed by atoms with Crippen molar-refractivity contribution >= 4 is 46.4 Å². The van der Waals surface area contributed by atoms with Crippen molar-refractivity contribution in [2.75, 3.05) is 13.2 Å². The molecule has 2 aromatic heterocycles. The van der Waals surface area contributed by atoms with Crippen LogP contribution in [0, 0.1) is 0 Å². The molecule has 5 amide bonds. The van der Waals surface area contributed by atoms with Crippen molar-refractivity contribution in [3.8, 4) is 0 Å². The van der Waals surface area contributed by atoms with Crippen molar-refractivity contribution in [2.24, 2.45) is 22.2 Å². The molecule has 282 valence electrons. The van der Waals surface area contributed by atoms with Crippen molar-refractivity contribution in [3.05, 3.63) is 90.1 Å². The van der Waals surface area contributed by atoms with E-state index in [0.717, 1.165) is 16.5 Å². The quantitative estimate of drug-likeness (QED) is 0.0291. The molecule has 0 aliphatic carbocycles. The summed E-state index contributed by atoms with van der Waals surface area (Å²) >= 11 is 0. The number of benzene rings is 2. The highest BCUT2D eigenvalue weighted by Crippen LogP contribution is 2.19. The van der Waals surface area contributed by atoms with Gasteiger partial charge >= 0.3 is 0 Å². The number of carbonyl (C=O) groups is 5. The second-order valence-electron chi connectivity index (χ2n) is 12.5. The van der Waals surface area contributed by atoms with Crippen LogP contribution in [0.2, 0.25) is 0 Å². The van der Waals surface area contributed by atoms with Gasteiger partial charge in [-0.3, -0.25) is 29.0 Å². The number of guanidine groups is 1. The van der Waals surface area contributed by atoms with E-state index in [4.69, 9.17) is 17.2 Å². The fourth-order valence-corrected chi connectivity index (χ4v) is 5.72. The number of nitrogens with one attached hydrogen (secondary N) is 6. The van der Waals surface area contributed by atoms with Gasteiger partial charge in [0.05, 0.1) is 6.33 Å². The molecule has 0 saturated heterocycles. The van der Waals surface area contributed by atoms with Crippen LogP contribution in [0.25, 0.3) is 10.9 Å². The van der Waals surface area contributed by atoms with Crippen LogP contribution in [-0.2, 0) is 43.2 Å². The number of para-hydroxylation sites is 1. The Morgan fingerprint density at radius 2 is 1.42 bits per heavy atom. The second kappa shape index (κ2) is 20.0. The summed E-state index contributed by atoms with van der Waals surface area (Å²) in [7, 11) is 0. The van der Waals surface area contributed by atoms with Crippen LogP contribution in [0.4, 0.5) is 0 Å². The molecule has 0 aliphatic rings. The van der Waals surface area contributed by atoms with Crippen molar-refractivity contribution < 1.29 is 29.1 Å². The monoisotopic (exact) mass is 729 g/mol. The van der Waals surface area contributed by atoms with E-state index < -0.39 is 53.7 Å². The lowest BCUT2D eigenvalue weighted by molar-refractivity contribution is -0.134. The zero-order valence-electron chi connectivity index (χ0n) is 29.2. The first-order chi connectivity index (χ1) is 25.5. The number of rotatable bonds is 21. The van der Waals surface area contributed by atoms with Gasteiger partial charge in [-0.05, 0) is 36.5 Å². The normalized spacial score (nSPS) is 13.2. The molecule has 4 rings (SSSR count). The minimum atomic E-state index is -1.20. The van der Waals surface area contributed by atoms with Gasteiger partial charge < -0.3 is 53.5 Å². The Kier molecular flexibility index (Phi) is 14.9. The van der Waals surface area contributed by atoms with Crippen LogP contribution in [0.5, 0.6) is 0 Å². The zero-order valence-corrected chi connectivity index (χ0v) is 29.2. The van der Waals surface area contributed by atoms with Crippen LogP contribution in [0.1, 0.15) is 42.5 Å². The van der Waals surface area contributed by atoms with E-state index in [-0.39, 0.29) is 64.1 Å². The number of nitrogens with zero attached hydrogens (tertiary/aromatic N) is 2. The lowest BCUT2D eigenvalue weighted by Gasteiger charge is -2.26. The Morgan fingerprint density at radius 3 is 2.09 bits per heavy atom. The number of aromatic amines is 2. The number of primary amides is 1. The summed E-state index contributed by atoms with van der Waals surface area (Å²) in [6.07, 6.45) is 5.40. The molecule has 4 aromatic rings. The van der Waals surface area contributed by atoms with Crippen LogP contribution in [-0.4, -0.2) is 92.9 Å². The standard InChI is InChI=1S/C36H47N11O6/c37-32(50)28(17-23-19-42-26-11-5-4-10-25(23)26)46-33(51)27(12-6-14-41-36(38)39)45-34(52)29(16-22-8-2-1-3-9-22)47-35(53)30(18-24-20-40-21-43-24)44-31(49)13-7-15-48/h1-5,8-11,19-21,27-30,42,48H,6-7,12-18H2,(H2,37,50)(H,40,43)(H,44,49)(H,45,52)(H,46,51)(H,47,53)(H4,38,39,41)/t27-,28-,29-,30-/m0/s1. The molecule has 4 atom stereocenters. The molecule has 2 heterocycles. The molecule has 17 heteroatoms. The topological polar surface area (TPSA) is 289 Å². The van der Waals surface area contributed by atoms with Gasteiger partial charge in [0.25, 0.3) is 0 Å². The third-order valence-electron chi connectivity index (χ3n) is 8.45. The number of H-pyrrole nitrogens is 2. The van der Waals surface area contributed by atoms with Crippen LogP contribution in [0.3, 0.4) is 0 Å². The third kappa shape index (κ3) is 12.5. The minimum Gasteiger partial charge on any atom is -0.396 e. The van der Waals surface area contributed by atoms with Crippen molar-refractivity contribution in [1.29, 1.82) is 0 Å². The number of nitrogens with two attached hydrogens (primary N) is 3.